The van der Waals surface area contributed by atoms with Crippen molar-refractivity contribution in [2.45, 2.75) is 13.8 Å². The molecule has 0 unspecified atom stereocenters. The lowest BCUT2D eigenvalue weighted by molar-refractivity contribution is 0.0747. The Labute approximate surface area is 133 Å². The maximum absolute atomic E-state index is 5.63. The van der Waals surface area contributed by atoms with Gasteiger partial charge < -0.3 is 14.4 Å². The SMILES string of the molecule is COCCOCCN(c1ccc(C)cc1)c1ccc(C)cc1. The van der Waals surface area contributed by atoms with Crippen LogP contribution in [-0.4, -0.2) is 33.5 Å². The van der Waals surface area contributed by atoms with Gasteiger partial charge in [0.2, 0.25) is 0 Å². The summed E-state index contributed by atoms with van der Waals surface area (Å²) in [5, 5.41) is 0. The van der Waals surface area contributed by atoms with Crippen molar-refractivity contribution < 1.29 is 9.47 Å². The predicted octanol–water partition coefficient (Wildman–Crippen LogP) is 4.10. The molecule has 0 radical (unpaired) electrons. The van der Waals surface area contributed by atoms with E-state index in [1.165, 1.54) is 22.5 Å². The van der Waals surface area contributed by atoms with E-state index in [9.17, 15) is 0 Å². The van der Waals surface area contributed by atoms with Crippen LogP contribution in [0.25, 0.3) is 0 Å². The molecule has 2 rings (SSSR count). The third-order valence-electron chi connectivity index (χ3n) is 3.58. The minimum absolute atomic E-state index is 0.631. The molecule has 0 aromatic heterocycles. The first-order valence-corrected chi connectivity index (χ1v) is 7.68. The lowest BCUT2D eigenvalue weighted by Crippen LogP contribution is -2.23. The number of benzene rings is 2. The third kappa shape index (κ3) is 4.86. The Hall–Kier alpha value is -1.84. The molecule has 3 nitrogen and oxygen atoms in total. The minimum Gasteiger partial charge on any atom is -0.382 e. The van der Waals surface area contributed by atoms with Crippen molar-refractivity contribution in [3.63, 3.8) is 0 Å². The monoisotopic (exact) mass is 299 g/mol. The first kappa shape index (κ1) is 16.5. The average Bonchev–Trinajstić information content (AvgIpc) is 2.53. The van der Waals surface area contributed by atoms with Gasteiger partial charge in [0.1, 0.15) is 0 Å². The van der Waals surface area contributed by atoms with Crippen molar-refractivity contribution >= 4 is 11.4 Å². The summed E-state index contributed by atoms with van der Waals surface area (Å²) in [5.41, 5.74) is 4.91. The van der Waals surface area contributed by atoms with Gasteiger partial charge in [0.25, 0.3) is 0 Å². The van der Waals surface area contributed by atoms with E-state index in [2.05, 4.69) is 67.3 Å². The average molecular weight is 299 g/mol. The summed E-state index contributed by atoms with van der Waals surface area (Å²) in [6.07, 6.45) is 0. The quantitative estimate of drug-likeness (QED) is 0.685. The van der Waals surface area contributed by atoms with Gasteiger partial charge >= 0.3 is 0 Å². The molecule has 0 aliphatic heterocycles. The van der Waals surface area contributed by atoms with Gasteiger partial charge in [0.15, 0.2) is 0 Å². The maximum atomic E-state index is 5.63. The van der Waals surface area contributed by atoms with E-state index in [1.54, 1.807) is 7.11 Å². The molecule has 0 saturated carbocycles. The van der Waals surface area contributed by atoms with Crippen LogP contribution in [0, 0.1) is 13.8 Å². The van der Waals surface area contributed by atoms with E-state index in [0.717, 1.165) is 6.54 Å². The molecule has 2 aromatic carbocycles. The van der Waals surface area contributed by atoms with Crippen LogP contribution < -0.4 is 4.90 Å². The molecule has 22 heavy (non-hydrogen) atoms. The summed E-state index contributed by atoms with van der Waals surface area (Å²) >= 11 is 0. The lowest BCUT2D eigenvalue weighted by atomic mass is 10.1. The van der Waals surface area contributed by atoms with E-state index in [0.29, 0.717) is 19.8 Å². The normalized spacial score (nSPS) is 10.7. The molecule has 0 spiro atoms. The predicted molar refractivity (Wildman–Crippen MR) is 92.1 cm³/mol. The second kappa shape index (κ2) is 8.57. The molecule has 0 aliphatic carbocycles. The van der Waals surface area contributed by atoms with Gasteiger partial charge in [-0.05, 0) is 38.1 Å². The van der Waals surface area contributed by atoms with Gasteiger partial charge in [0.05, 0.1) is 19.8 Å². The fraction of sp³-hybridized carbons (Fsp3) is 0.368. The number of methoxy groups -OCH3 is 1. The van der Waals surface area contributed by atoms with E-state index in [4.69, 9.17) is 9.47 Å². The van der Waals surface area contributed by atoms with Crippen LogP contribution in [0.4, 0.5) is 11.4 Å². The zero-order valence-corrected chi connectivity index (χ0v) is 13.7. The summed E-state index contributed by atoms with van der Waals surface area (Å²) in [7, 11) is 1.69. The number of anilines is 2. The Morgan fingerprint density at radius 2 is 1.23 bits per heavy atom. The van der Waals surface area contributed by atoms with Crippen LogP contribution in [-0.2, 0) is 9.47 Å². The Morgan fingerprint density at radius 1 is 0.727 bits per heavy atom. The topological polar surface area (TPSA) is 21.7 Å². The van der Waals surface area contributed by atoms with Crippen molar-refractivity contribution in [2.75, 3.05) is 38.4 Å². The van der Waals surface area contributed by atoms with Gasteiger partial charge in [-0.3, -0.25) is 0 Å². The summed E-state index contributed by atoms with van der Waals surface area (Å²) in [6, 6.07) is 17.2. The first-order valence-electron chi connectivity index (χ1n) is 7.68. The van der Waals surface area contributed by atoms with E-state index < -0.39 is 0 Å². The smallest absolute Gasteiger partial charge is 0.0701 e. The van der Waals surface area contributed by atoms with Crippen LogP contribution in [0.15, 0.2) is 48.5 Å². The van der Waals surface area contributed by atoms with Gasteiger partial charge in [0, 0.05) is 25.0 Å². The van der Waals surface area contributed by atoms with Crippen molar-refractivity contribution in [2.24, 2.45) is 0 Å². The molecule has 0 fully saturated rings. The van der Waals surface area contributed by atoms with E-state index >= 15 is 0 Å². The standard InChI is InChI=1S/C19H25NO2/c1-16-4-8-18(9-5-16)20(12-13-22-15-14-21-3)19-10-6-17(2)7-11-19/h4-11H,12-15H2,1-3H3. The van der Waals surface area contributed by atoms with Crippen molar-refractivity contribution in [3.8, 4) is 0 Å². The lowest BCUT2D eigenvalue weighted by Gasteiger charge is -2.25. The Balaban J connectivity index is 2.10. The fourth-order valence-electron chi connectivity index (χ4n) is 2.26. The summed E-state index contributed by atoms with van der Waals surface area (Å²) in [6.45, 7) is 6.96. The highest BCUT2D eigenvalue weighted by Gasteiger charge is 2.09. The van der Waals surface area contributed by atoms with Crippen LogP contribution in [0.1, 0.15) is 11.1 Å². The molecule has 0 aliphatic rings. The second-order valence-corrected chi connectivity index (χ2v) is 5.43. The maximum Gasteiger partial charge on any atom is 0.0701 e. The van der Waals surface area contributed by atoms with Gasteiger partial charge in [-0.1, -0.05) is 35.4 Å². The summed E-state index contributed by atoms with van der Waals surface area (Å²) in [5.74, 6) is 0. The van der Waals surface area contributed by atoms with Gasteiger partial charge in [-0.2, -0.15) is 0 Å². The number of nitrogens with zero attached hydrogens (tertiary/aromatic N) is 1. The van der Waals surface area contributed by atoms with Crippen LogP contribution >= 0.6 is 0 Å². The number of ether oxygens (including phenoxy) is 2. The van der Waals surface area contributed by atoms with Gasteiger partial charge in [-0.25, -0.2) is 0 Å². The molecule has 0 bridgehead atoms. The molecular weight excluding hydrogens is 274 g/mol. The van der Waals surface area contributed by atoms with Crippen LogP contribution in [0.3, 0.4) is 0 Å². The zero-order valence-electron chi connectivity index (χ0n) is 13.7. The van der Waals surface area contributed by atoms with Crippen molar-refractivity contribution in [3.05, 3.63) is 59.7 Å². The van der Waals surface area contributed by atoms with Crippen LogP contribution in [0.5, 0.6) is 0 Å². The molecule has 0 heterocycles. The minimum atomic E-state index is 0.631. The van der Waals surface area contributed by atoms with Gasteiger partial charge in [-0.15, -0.1) is 0 Å². The summed E-state index contributed by atoms with van der Waals surface area (Å²) < 4.78 is 10.6. The molecule has 0 amide bonds. The highest BCUT2D eigenvalue weighted by atomic mass is 16.5. The van der Waals surface area contributed by atoms with Crippen molar-refractivity contribution in [1.29, 1.82) is 0 Å². The molecule has 118 valence electrons. The zero-order chi connectivity index (χ0) is 15.8. The Bertz CT molecular complexity index is 503. The Morgan fingerprint density at radius 3 is 1.68 bits per heavy atom. The number of hydrogen-bond acceptors (Lipinski definition) is 3. The van der Waals surface area contributed by atoms with E-state index in [1.807, 2.05) is 0 Å². The van der Waals surface area contributed by atoms with Crippen LogP contribution in [0.2, 0.25) is 0 Å². The number of aryl methyl sites for hydroxylation is 2. The Kier molecular flexibility index (Phi) is 6.44. The molecule has 0 N–H and O–H groups in total. The second-order valence-electron chi connectivity index (χ2n) is 5.43. The van der Waals surface area contributed by atoms with Crippen molar-refractivity contribution in [1.82, 2.24) is 0 Å². The third-order valence-corrected chi connectivity index (χ3v) is 3.58. The molecule has 0 atom stereocenters. The number of rotatable bonds is 8. The molecule has 0 saturated heterocycles. The van der Waals surface area contributed by atoms with E-state index in [-0.39, 0.29) is 0 Å². The molecular formula is C19H25NO2. The fourth-order valence-corrected chi connectivity index (χ4v) is 2.26. The summed E-state index contributed by atoms with van der Waals surface area (Å²) in [4.78, 5) is 2.28. The largest absolute Gasteiger partial charge is 0.382 e. The number of hydrogen-bond donors (Lipinski definition) is 0. The molecule has 2 aromatic rings. The molecule has 3 heteroatoms. The highest BCUT2D eigenvalue weighted by molar-refractivity contribution is 5.63. The first-order chi connectivity index (χ1) is 10.7. The highest BCUT2D eigenvalue weighted by Crippen LogP contribution is 2.25.